The quantitative estimate of drug-likeness (QED) is 0.614. The largest absolute Gasteiger partial charge is 0.382 e. The van der Waals surface area contributed by atoms with Crippen molar-refractivity contribution in [1.82, 2.24) is 9.55 Å². The van der Waals surface area contributed by atoms with Gasteiger partial charge >= 0.3 is 0 Å². The summed E-state index contributed by atoms with van der Waals surface area (Å²) in [5, 5.41) is 10.0. The Balaban J connectivity index is 2.25. The van der Waals surface area contributed by atoms with Gasteiger partial charge in [0.25, 0.3) is 0 Å². The molecule has 9 heteroatoms. The van der Waals surface area contributed by atoms with Gasteiger partial charge in [0.15, 0.2) is 5.82 Å². The minimum atomic E-state index is -1.66. The summed E-state index contributed by atoms with van der Waals surface area (Å²) < 4.78 is 55.8. The fourth-order valence-electron chi connectivity index (χ4n) is 2.66. The van der Waals surface area contributed by atoms with E-state index in [1.54, 1.807) is 0 Å². The van der Waals surface area contributed by atoms with Crippen LogP contribution >= 0.6 is 23.2 Å². The number of aromatic nitrogens is 2. The third kappa shape index (κ3) is 3.18. The number of aliphatic hydroxyl groups excluding tert-OH is 1. The lowest BCUT2D eigenvalue weighted by Gasteiger charge is -2.18. The van der Waals surface area contributed by atoms with Gasteiger partial charge in [0.1, 0.15) is 29.2 Å². The highest BCUT2D eigenvalue weighted by molar-refractivity contribution is 6.33. The summed E-state index contributed by atoms with van der Waals surface area (Å²) >= 11 is 12.0. The number of hydrogen-bond acceptors (Lipinski definition) is 2. The topological polar surface area (TPSA) is 38.0 Å². The summed E-state index contributed by atoms with van der Waals surface area (Å²) in [7, 11) is 0. The molecule has 1 unspecified atom stereocenters. The van der Waals surface area contributed by atoms with Crippen molar-refractivity contribution in [2.75, 3.05) is 0 Å². The lowest BCUT2D eigenvalue weighted by Crippen LogP contribution is -2.12. The Morgan fingerprint density at radius 3 is 2.27 bits per heavy atom. The Bertz CT molecular complexity index is 984. The number of hydrogen-bond donors (Lipinski definition) is 1. The van der Waals surface area contributed by atoms with Gasteiger partial charge in [-0.25, -0.2) is 22.5 Å². The predicted octanol–water partition coefficient (Wildman–Crippen LogP) is 5.13. The summed E-state index contributed by atoms with van der Waals surface area (Å²) in [6, 6.07) is 4.05. The first kappa shape index (κ1) is 18.7. The van der Waals surface area contributed by atoms with Crippen LogP contribution < -0.4 is 0 Å². The van der Waals surface area contributed by atoms with E-state index in [4.69, 9.17) is 23.2 Å². The number of aliphatic hydroxyl groups is 1. The number of halogens is 6. The molecule has 1 aromatic heterocycles. The SMILES string of the molecule is Cc1nc(Cl)n(-c2c(F)cc(F)cc2Cl)c1C(O)c1ccc(F)cc1F. The maximum Gasteiger partial charge on any atom is 0.208 e. The Morgan fingerprint density at radius 1 is 1.00 bits per heavy atom. The third-order valence-electron chi connectivity index (χ3n) is 3.78. The fraction of sp³-hybridized carbons (Fsp3) is 0.118. The molecule has 1 atom stereocenters. The predicted molar refractivity (Wildman–Crippen MR) is 88.7 cm³/mol. The molecule has 0 spiro atoms. The molecule has 136 valence electrons. The second-order valence-electron chi connectivity index (χ2n) is 5.47. The highest BCUT2D eigenvalue weighted by atomic mass is 35.5. The highest BCUT2D eigenvalue weighted by Crippen LogP contribution is 2.35. The molecule has 0 fully saturated rings. The standard InChI is InChI=1S/C17H10Cl2F4N2O/c1-7-14(16(26)10-3-2-8(20)5-12(10)22)25(17(19)24-7)15-11(18)4-9(21)6-13(15)23/h2-6,16,26H,1H3. The second-order valence-corrected chi connectivity index (χ2v) is 6.22. The molecule has 0 radical (unpaired) electrons. The first-order valence-corrected chi connectivity index (χ1v) is 7.99. The molecule has 26 heavy (non-hydrogen) atoms. The molecule has 0 amide bonds. The number of aryl methyl sites for hydroxylation is 1. The summed E-state index contributed by atoms with van der Waals surface area (Å²) in [5.41, 5.74) is -0.555. The van der Waals surface area contributed by atoms with Crippen molar-refractivity contribution < 1.29 is 22.7 Å². The molecule has 3 rings (SSSR count). The maximum atomic E-state index is 14.3. The molecule has 3 nitrogen and oxygen atoms in total. The van der Waals surface area contributed by atoms with E-state index in [0.717, 1.165) is 22.8 Å². The fourth-order valence-corrected chi connectivity index (χ4v) is 3.24. The molecule has 0 aliphatic heterocycles. The van der Waals surface area contributed by atoms with Gasteiger partial charge in [0, 0.05) is 17.7 Å². The van der Waals surface area contributed by atoms with Crippen molar-refractivity contribution in [2.24, 2.45) is 0 Å². The van der Waals surface area contributed by atoms with E-state index in [1.165, 1.54) is 6.92 Å². The molecule has 2 aromatic carbocycles. The van der Waals surface area contributed by atoms with E-state index in [2.05, 4.69) is 4.98 Å². The summed E-state index contributed by atoms with van der Waals surface area (Å²) in [4.78, 5) is 3.94. The van der Waals surface area contributed by atoms with E-state index in [9.17, 15) is 22.7 Å². The van der Waals surface area contributed by atoms with Crippen LogP contribution in [0.15, 0.2) is 30.3 Å². The third-order valence-corrected chi connectivity index (χ3v) is 4.32. The maximum absolute atomic E-state index is 14.3. The van der Waals surface area contributed by atoms with Crippen LogP contribution in [0.25, 0.3) is 5.69 Å². The molecule has 0 aliphatic carbocycles. The van der Waals surface area contributed by atoms with Gasteiger partial charge in [-0.05, 0) is 30.7 Å². The number of benzene rings is 2. The number of nitrogens with zero attached hydrogens (tertiary/aromatic N) is 2. The second kappa shape index (κ2) is 6.90. The Morgan fingerprint density at radius 2 is 1.65 bits per heavy atom. The molecule has 0 bridgehead atoms. The normalized spacial score (nSPS) is 12.5. The van der Waals surface area contributed by atoms with Crippen molar-refractivity contribution in [3.8, 4) is 5.69 Å². The van der Waals surface area contributed by atoms with Crippen molar-refractivity contribution in [1.29, 1.82) is 0 Å². The van der Waals surface area contributed by atoms with Gasteiger partial charge in [0.2, 0.25) is 5.28 Å². The van der Waals surface area contributed by atoms with Gasteiger partial charge in [-0.1, -0.05) is 17.7 Å². The molecular formula is C17H10Cl2F4N2O. The van der Waals surface area contributed by atoms with E-state index in [1.807, 2.05) is 0 Å². The molecule has 1 heterocycles. The van der Waals surface area contributed by atoms with Crippen LogP contribution in [-0.2, 0) is 0 Å². The lowest BCUT2D eigenvalue weighted by molar-refractivity contribution is 0.207. The average Bonchev–Trinajstić information content (AvgIpc) is 2.80. The Kier molecular flexibility index (Phi) is 4.96. The highest BCUT2D eigenvalue weighted by Gasteiger charge is 2.27. The number of rotatable bonds is 3. The van der Waals surface area contributed by atoms with Gasteiger partial charge < -0.3 is 5.11 Å². The zero-order valence-electron chi connectivity index (χ0n) is 13.1. The van der Waals surface area contributed by atoms with E-state index >= 15 is 0 Å². The van der Waals surface area contributed by atoms with Crippen LogP contribution in [0.4, 0.5) is 17.6 Å². The van der Waals surface area contributed by atoms with E-state index < -0.39 is 29.4 Å². The molecular weight excluding hydrogens is 395 g/mol. The molecule has 0 saturated carbocycles. The Hall–Kier alpha value is -2.09. The van der Waals surface area contributed by atoms with Crippen molar-refractivity contribution in [3.63, 3.8) is 0 Å². The minimum absolute atomic E-state index is 0.0899. The lowest BCUT2D eigenvalue weighted by atomic mass is 10.0. The van der Waals surface area contributed by atoms with Gasteiger partial charge in [0.05, 0.1) is 16.4 Å². The summed E-state index contributed by atoms with van der Waals surface area (Å²) in [6.45, 7) is 1.46. The zero-order valence-corrected chi connectivity index (χ0v) is 14.6. The van der Waals surface area contributed by atoms with Gasteiger partial charge in [-0.2, -0.15) is 0 Å². The first-order chi connectivity index (χ1) is 12.2. The smallest absolute Gasteiger partial charge is 0.208 e. The van der Waals surface area contributed by atoms with Crippen LogP contribution in [0.1, 0.15) is 23.1 Å². The van der Waals surface area contributed by atoms with Crippen molar-refractivity contribution in [3.05, 3.63) is 80.9 Å². The molecule has 0 saturated heterocycles. The van der Waals surface area contributed by atoms with Crippen LogP contribution in [0.2, 0.25) is 10.3 Å². The summed E-state index contributed by atoms with van der Waals surface area (Å²) in [6.07, 6.45) is -1.66. The van der Waals surface area contributed by atoms with Crippen LogP contribution in [0.3, 0.4) is 0 Å². The number of imidazole rings is 1. The van der Waals surface area contributed by atoms with Crippen molar-refractivity contribution in [2.45, 2.75) is 13.0 Å². The van der Waals surface area contributed by atoms with Crippen LogP contribution in [0.5, 0.6) is 0 Å². The monoisotopic (exact) mass is 404 g/mol. The van der Waals surface area contributed by atoms with Crippen LogP contribution in [0, 0.1) is 30.2 Å². The van der Waals surface area contributed by atoms with Crippen molar-refractivity contribution >= 4 is 23.2 Å². The van der Waals surface area contributed by atoms with Gasteiger partial charge in [-0.15, -0.1) is 0 Å². The molecule has 1 N–H and O–H groups in total. The van der Waals surface area contributed by atoms with E-state index in [0.29, 0.717) is 12.1 Å². The van der Waals surface area contributed by atoms with E-state index in [-0.39, 0.29) is 32.9 Å². The zero-order chi connectivity index (χ0) is 19.2. The first-order valence-electron chi connectivity index (χ1n) is 7.23. The molecule has 0 aliphatic rings. The average molecular weight is 405 g/mol. The van der Waals surface area contributed by atoms with Crippen LogP contribution in [-0.4, -0.2) is 14.7 Å². The van der Waals surface area contributed by atoms with Gasteiger partial charge in [-0.3, -0.25) is 4.57 Å². The summed E-state index contributed by atoms with van der Waals surface area (Å²) in [5.74, 6) is -3.79. The molecule has 3 aromatic rings. The minimum Gasteiger partial charge on any atom is -0.382 e. The Labute approximate surface area is 155 Å².